The van der Waals surface area contributed by atoms with Gasteiger partial charge in [-0.2, -0.15) is 4.31 Å². The summed E-state index contributed by atoms with van der Waals surface area (Å²) in [6, 6.07) is 7.76. The Balaban J connectivity index is 2.09. The van der Waals surface area contributed by atoms with Crippen LogP contribution in [0.2, 0.25) is 18.1 Å². The summed E-state index contributed by atoms with van der Waals surface area (Å²) in [7, 11) is -6.25. The van der Waals surface area contributed by atoms with Gasteiger partial charge < -0.3 is 9.22 Å². The van der Waals surface area contributed by atoms with Gasteiger partial charge >= 0.3 is 0 Å². The normalized spacial score (nSPS) is 27.5. The van der Waals surface area contributed by atoms with E-state index in [0.717, 1.165) is 30.0 Å². The van der Waals surface area contributed by atoms with Gasteiger partial charge in [0.15, 0.2) is 13.2 Å². The molecule has 2 bridgehead atoms. The molecule has 0 N–H and O–H groups in total. The maximum absolute atomic E-state index is 13.8. The molecular weight excluding hydrogens is 460 g/mol. The van der Waals surface area contributed by atoms with E-state index in [-0.39, 0.29) is 23.3 Å². The first kappa shape index (κ1) is 25.7. The first-order valence-electron chi connectivity index (χ1n) is 11.7. The van der Waals surface area contributed by atoms with Crippen molar-refractivity contribution in [2.45, 2.75) is 75.7 Å². The van der Waals surface area contributed by atoms with Gasteiger partial charge in [0.05, 0.1) is 17.1 Å². The van der Waals surface area contributed by atoms with E-state index >= 15 is 0 Å². The van der Waals surface area contributed by atoms with E-state index in [1.807, 2.05) is 13.0 Å². The molecule has 2 aliphatic rings. The van der Waals surface area contributed by atoms with Crippen LogP contribution in [0.1, 0.15) is 40.5 Å². The Morgan fingerprint density at radius 2 is 1.82 bits per heavy atom. The van der Waals surface area contributed by atoms with Gasteiger partial charge in [-0.15, -0.1) is 0 Å². The Bertz CT molecular complexity index is 1020. The van der Waals surface area contributed by atoms with Crippen LogP contribution in [-0.2, 0) is 19.2 Å². The maximum atomic E-state index is 13.8. The molecule has 0 aromatic heterocycles. The average molecular weight is 495 g/mol. The van der Waals surface area contributed by atoms with Crippen LogP contribution in [0.25, 0.3) is 0 Å². The zero-order valence-electron chi connectivity index (χ0n) is 19.8. The molecule has 1 aliphatic heterocycles. The second-order valence-electron chi connectivity index (χ2n) is 8.98. The lowest BCUT2D eigenvalue weighted by Gasteiger charge is -2.51. The van der Waals surface area contributed by atoms with Gasteiger partial charge in [-0.25, -0.2) is 8.42 Å². The number of carbonyl (C=O) groups is 1. The van der Waals surface area contributed by atoms with Crippen molar-refractivity contribution in [3.63, 3.8) is 0 Å². The quantitative estimate of drug-likeness (QED) is 0.164. The van der Waals surface area contributed by atoms with Gasteiger partial charge in [-0.05, 0) is 49.9 Å². The van der Waals surface area contributed by atoms with E-state index in [1.54, 1.807) is 0 Å². The minimum Gasteiger partial charge on any atom is -0.412 e. The summed E-state index contributed by atoms with van der Waals surface area (Å²) in [6.45, 7) is 8.30. The monoisotopic (exact) mass is 494 g/mol. The molecule has 0 radical (unpaired) electrons. The summed E-state index contributed by atoms with van der Waals surface area (Å²) in [6.07, 6.45) is 3.41. The molecule has 182 valence electrons. The molecule has 10 heteroatoms. The van der Waals surface area contributed by atoms with Gasteiger partial charge in [0, 0.05) is 18.5 Å². The van der Waals surface area contributed by atoms with Gasteiger partial charge in [-0.1, -0.05) is 44.6 Å². The van der Waals surface area contributed by atoms with Gasteiger partial charge in [-0.3, -0.25) is 10.1 Å². The number of benzene rings is 1. The largest absolute Gasteiger partial charge is 0.412 e. The third-order valence-electron chi connectivity index (χ3n) is 7.66. The minimum absolute atomic E-state index is 0.0319. The number of aldehydes is 1. The molecule has 0 amide bonds. The summed E-state index contributed by atoms with van der Waals surface area (Å²) in [5.74, 6) is -0.249. The van der Waals surface area contributed by atoms with E-state index < -0.39 is 41.1 Å². The molecule has 1 heterocycles. The standard InChI is InChI=1S/C23H34N2O6SSi/c1-5-17-15-24(32(29,30)23-12-10-9-11-20(23)25(27)28)21-14-19(17)18(16-26)13-22(21)31-33(6-2,7-3)8-4/h5,9-12,16,18-19,21-22H,6-8,13-15H2,1-4H3/b17-5-/t18-,19?,21?,22+/m1/s1. The molecule has 1 saturated carbocycles. The Morgan fingerprint density at radius 3 is 2.36 bits per heavy atom. The zero-order valence-corrected chi connectivity index (χ0v) is 21.6. The molecular formula is C23H34N2O6SSi. The number of sulfonamides is 1. The van der Waals surface area contributed by atoms with Crippen LogP contribution >= 0.6 is 0 Å². The number of nitro benzene ring substituents is 1. The van der Waals surface area contributed by atoms with Crippen molar-refractivity contribution in [2.24, 2.45) is 11.8 Å². The van der Waals surface area contributed by atoms with E-state index in [4.69, 9.17) is 4.43 Å². The summed E-state index contributed by atoms with van der Waals surface area (Å²) in [4.78, 5) is 22.6. The fraction of sp³-hybridized carbons (Fsp3) is 0.609. The summed E-state index contributed by atoms with van der Waals surface area (Å²) < 4.78 is 35.8. The fourth-order valence-corrected chi connectivity index (χ4v) is 10.1. The van der Waals surface area contributed by atoms with Gasteiger partial charge in [0.2, 0.25) is 0 Å². The highest BCUT2D eigenvalue weighted by Crippen LogP contribution is 2.46. The Hall–Kier alpha value is -1.88. The molecule has 1 aromatic carbocycles. The van der Waals surface area contributed by atoms with E-state index in [2.05, 4.69) is 20.8 Å². The highest BCUT2D eigenvalue weighted by Gasteiger charge is 2.51. The van der Waals surface area contributed by atoms with Gasteiger partial charge in [0.25, 0.3) is 15.7 Å². The summed E-state index contributed by atoms with van der Waals surface area (Å²) in [5.41, 5.74) is 0.453. The second kappa shape index (κ2) is 10.2. The second-order valence-corrected chi connectivity index (χ2v) is 15.6. The number of para-hydroxylation sites is 1. The van der Waals surface area contributed by atoms with Crippen molar-refractivity contribution in [2.75, 3.05) is 6.54 Å². The number of piperidine rings is 1. The molecule has 33 heavy (non-hydrogen) atoms. The van der Waals surface area contributed by atoms with Crippen LogP contribution in [0.15, 0.2) is 40.8 Å². The van der Waals surface area contributed by atoms with Crippen LogP contribution < -0.4 is 0 Å². The number of fused-ring (bicyclic) bond motifs is 2. The number of allylic oxidation sites excluding steroid dienone is 1. The molecule has 3 rings (SSSR count). The molecule has 8 nitrogen and oxygen atoms in total. The van der Waals surface area contributed by atoms with Crippen molar-refractivity contribution >= 4 is 30.3 Å². The predicted octanol–water partition coefficient (Wildman–Crippen LogP) is 4.53. The fourth-order valence-electron chi connectivity index (χ4n) is 5.44. The molecule has 1 saturated heterocycles. The lowest BCUT2D eigenvalue weighted by atomic mass is 9.70. The Labute approximate surface area is 197 Å². The van der Waals surface area contributed by atoms with Gasteiger partial charge in [0.1, 0.15) is 6.29 Å². The molecule has 1 aliphatic carbocycles. The van der Waals surface area contributed by atoms with E-state index in [1.165, 1.54) is 28.6 Å². The zero-order chi connectivity index (χ0) is 24.4. The van der Waals surface area contributed by atoms with Crippen LogP contribution in [-0.4, -0.2) is 50.9 Å². The number of hydrogen-bond acceptors (Lipinski definition) is 6. The van der Waals surface area contributed by atoms with Crippen LogP contribution in [0.4, 0.5) is 5.69 Å². The van der Waals surface area contributed by atoms with Crippen LogP contribution in [0.3, 0.4) is 0 Å². The number of rotatable bonds is 9. The van der Waals surface area contributed by atoms with Crippen molar-refractivity contribution in [1.82, 2.24) is 4.31 Å². The average Bonchev–Trinajstić information content (AvgIpc) is 2.83. The molecule has 2 fully saturated rings. The van der Waals surface area contributed by atoms with E-state index in [0.29, 0.717) is 12.8 Å². The lowest BCUT2D eigenvalue weighted by Crippen LogP contribution is -2.60. The predicted molar refractivity (Wildman–Crippen MR) is 129 cm³/mol. The van der Waals surface area contributed by atoms with Crippen molar-refractivity contribution < 1.29 is 22.6 Å². The first-order chi connectivity index (χ1) is 15.7. The number of carbonyl (C=O) groups excluding carboxylic acids is 1. The first-order valence-corrected chi connectivity index (χ1v) is 15.7. The minimum atomic E-state index is -4.17. The summed E-state index contributed by atoms with van der Waals surface area (Å²) >= 11 is 0. The highest BCUT2D eigenvalue weighted by molar-refractivity contribution is 7.89. The van der Waals surface area contributed by atoms with Crippen molar-refractivity contribution in [3.8, 4) is 0 Å². The third kappa shape index (κ3) is 4.71. The number of hydrogen-bond donors (Lipinski definition) is 0. The molecule has 1 aromatic rings. The number of nitro groups is 1. The smallest absolute Gasteiger partial charge is 0.289 e. The summed E-state index contributed by atoms with van der Waals surface area (Å²) in [5, 5.41) is 11.6. The maximum Gasteiger partial charge on any atom is 0.289 e. The van der Waals surface area contributed by atoms with Crippen LogP contribution in [0, 0.1) is 22.0 Å². The third-order valence-corrected chi connectivity index (χ3v) is 14.2. The molecule has 0 spiro atoms. The molecule has 2 unspecified atom stereocenters. The van der Waals surface area contributed by atoms with Crippen molar-refractivity contribution in [1.29, 1.82) is 0 Å². The van der Waals surface area contributed by atoms with Crippen LogP contribution in [0.5, 0.6) is 0 Å². The SMILES string of the molecule is C/C=C1/CN(S(=O)(=O)c2ccccc2[N+](=O)[O-])C2CC1[C@@H](C=O)C[C@@H]2O[Si](CC)(CC)CC. The Morgan fingerprint density at radius 1 is 1.18 bits per heavy atom. The topological polar surface area (TPSA) is 107 Å². The lowest BCUT2D eigenvalue weighted by molar-refractivity contribution is -0.387. The molecule has 4 atom stereocenters. The highest BCUT2D eigenvalue weighted by atomic mass is 32.2. The van der Waals surface area contributed by atoms with E-state index in [9.17, 15) is 23.3 Å². The number of nitrogens with zero attached hydrogens (tertiary/aromatic N) is 2. The Kier molecular flexibility index (Phi) is 7.93. The van der Waals surface area contributed by atoms with Crippen molar-refractivity contribution in [3.05, 3.63) is 46.0 Å².